The van der Waals surface area contributed by atoms with Crippen molar-refractivity contribution in [2.24, 2.45) is 0 Å². The minimum atomic E-state index is -5.03. The number of carbonyl (C=O) groups excluding carboxylic acids is 1. The summed E-state index contributed by atoms with van der Waals surface area (Å²) < 4.78 is 38.5. The van der Waals surface area contributed by atoms with Crippen LogP contribution in [0.5, 0.6) is 0 Å². The number of hydrogen-bond donors (Lipinski definition) is 1. The second kappa shape index (κ2) is 9.21. The van der Waals surface area contributed by atoms with Crippen LogP contribution in [-0.4, -0.2) is 42.9 Å². The molecule has 4 nitrogen and oxygen atoms in total. The summed E-state index contributed by atoms with van der Waals surface area (Å²) in [7, 11) is 0. The molecule has 1 heterocycles. The standard InChI is InChI=1S/C21H23F3N2O2/c22-21(23,24)20(27)28-26(18-11-13-25-14-12-18)15-19(16-7-3-1-4-8-16)17-9-5-2-6-10-17/h1-10,18-19,25H,11-15H2. The first kappa shape index (κ1) is 20.4. The van der Waals surface area contributed by atoms with Gasteiger partial charge in [-0.3, -0.25) is 0 Å². The molecule has 0 aromatic heterocycles. The molecule has 1 fully saturated rings. The van der Waals surface area contributed by atoms with Gasteiger partial charge in [-0.05, 0) is 37.1 Å². The van der Waals surface area contributed by atoms with Crippen molar-refractivity contribution >= 4 is 5.97 Å². The fourth-order valence-corrected chi connectivity index (χ4v) is 3.47. The summed E-state index contributed by atoms with van der Waals surface area (Å²) in [5.74, 6) is -2.40. The van der Waals surface area contributed by atoms with Crippen LogP contribution in [0.15, 0.2) is 60.7 Å². The van der Waals surface area contributed by atoms with E-state index in [0.717, 1.165) is 11.1 Å². The quantitative estimate of drug-likeness (QED) is 0.758. The van der Waals surface area contributed by atoms with Gasteiger partial charge in [-0.2, -0.15) is 13.2 Å². The van der Waals surface area contributed by atoms with Crippen molar-refractivity contribution in [2.45, 2.75) is 31.0 Å². The molecule has 0 amide bonds. The van der Waals surface area contributed by atoms with Crippen LogP contribution in [0.2, 0.25) is 0 Å². The number of hydroxylamine groups is 2. The van der Waals surface area contributed by atoms with E-state index in [-0.39, 0.29) is 18.5 Å². The number of halogens is 3. The van der Waals surface area contributed by atoms with E-state index >= 15 is 0 Å². The van der Waals surface area contributed by atoms with Crippen LogP contribution in [0.25, 0.3) is 0 Å². The molecule has 1 saturated heterocycles. The number of alkyl halides is 3. The fourth-order valence-electron chi connectivity index (χ4n) is 3.47. The molecule has 0 saturated carbocycles. The monoisotopic (exact) mass is 392 g/mol. The number of benzene rings is 2. The van der Waals surface area contributed by atoms with Gasteiger partial charge in [0.05, 0.1) is 0 Å². The Bertz CT molecular complexity index is 708. The number of nitrogens with zero attached hydrogens (tertiary/aromatic N) is 1. The van der Waals surface area contributed by atoms with Gasteiger partial charge in [0.25, 0.3) is 0 Å². The van der Waals surface area contributed by atoms with Gasteiger partial charge < -0.3 is 10.2 Å². The topological polar surface area (TPSA) is 41.6 Å². The Hall–Kier alpha value is -2.38. The Labute approximate surface area is 162 Å². The van der Waals surface area contributed by atoms with Gasteiger partial charge in [0.2, 0.25) is 0 Å². The van der Waals surface area contributed by atoms with Crippen molar-refractivity contribution in [2.75, 3.05) is 19.6 Å². The molecule has 2 aromatic carbocycles. The second-order valence-electron chi connectivity index (χ2n) is 6.83. The van der Waals surface area contributed by atoms with E-state index in [1.807, 2.05) is 60.7 Å². The lowest BCUT2D eigenvalue weighted by Crippen LogP contribution is -2.47. The average molecular weight is 392 g/mol. The third-order valence-corrected chi connectivity index (χ3v) is 4.91. The van der Waals surface area contributed by atoms with E-state index in [4.69, 9.17) is 4.84 Å². The molecule has 28 heavy (non-hydrogen) atoms. The molecule has 0 atom stereocenters. The largest absolute Gasteiger partial charge is 0.492 e. The highest BCUT2D eigenvalue weighted by Crippen LogP contribution is 2.29. The summed E-state index contributed by atoms with van der Waals surface area (Å²) in [5.41, 5.74) is 1.91. The Morgan fingerprint density at radius 1 is 1.00 bits per heavy atom. The minimum absolute atomic E-state index is 0.153. The van der Waals surface area contributed by atoms with Crippen LogP contribution < -0.4 is 5.32 Å². The predicted molar refractivity (Wildman–Crippen MR) is 99.5 cm³/mol. The van der Waals surface area contributed by atoms with E-state index in [2.05, 4.69) is 5.32 Å². The van der Waals surface area contributed by atoms with Crippen molar-refractivity contribution in [1.82, 2.24) is 10.4 Å². The number of nitrogens with one attached hydrogen (secondary N) is 1. The molecule has 2 aromatic rings. The molecule has 1 N–H and O–H groups in total. The van der Waals surface area contributed by atoms with Crippen LogP contribution in [0.1, 0.15) is 29.9 Å². The van der Waals surface area contributed by atoms with Crippen LogP contribution in [-0.2, 0) is 9.63 Å². The first-order valence-corrected chi connectivity index (χ1v) is 9.31. The number of carbonyl (C=O) groups is 1. The van der Waals surface area contributed by atoms with E-state index in [0.29, 0.717) is 25.9 Å². The summed E-state index contributed by atoms with van der Waals surface area (Å²) in [6, 6.07) is 18.8. The number of piperidine rings is 1. The Morgan fingerprint density at radius 2 is 1.50 bits per heavy atom. The zero-order valence-electron chi connectivity index (χ0n) is 15.4. The maximum Gasteiger partial charge on any atom is 0.492 e. The number of hydrogen-bond acceptors (Lipinski definition) is 4. The highest BCUT2D eigenvalue weighted by atomic mass is 19.4. The molecule has 150 valence electrons. The van der Waals surface area contributed by atoms with Crippen molar-refractivity contribution < 1.29 is 22.8 Å². The van der Waals surface area contributed by atoms with Crippen molar-refractivity contribution in [3.8, 4) is 0 Å². The van der Waals surface area contributed by atoms with Crippen LogP contribution in [0.4, 0.5) is 13.2 Å². The first-order valence-electron chi connectivity index (χ1n) is 9.31. The molecule has 0 aliphatic carbocycles. The summed E-state index contributed by atoms with van der Waals surface area (Å²) in [4.78, 5) is 16.4. The Morgan fingerprint density at radius 3 is 1.96 bits per heavy atom. The van der Waals surface area contributed by atoms with E-state index in [1.54, 1.807) is 0 Å². The second-order valence-corrected chi connectivity index (χ2v) is 6.83. The zero-order valence-corrected chi connectivity index (χ0v) is 15.4. The summed E-state index contributed by atoms with van der Waals surface area (Å²) in [6.07, 6.45) is -3.80. The lowest BCUT2D eigenvalue weighted by molar-refractivity contribution is -0.248. The first-order chi connectivity index (χ1) is 13.4. The van der Waals surface area contributed by atoms with Gasteiger partial charge in [0.1, 0.15) is 0 Å². The van der Waals surface area contributed by atoms with E-state index < -0.39 is 12.1 Å². The third kappa shape index (κ3) is 5.33. The van der Waals surface area contributed by atoms with Crippen molar-refractivity contribution in [1.29, 1.82) is 0 Å². The SMILES string of the molecule is O=C(ON(CC(c1ccccc1)c1ccccc1)C1CCNCC1)C(F)(F)F. The van der Waals surface area contributed by atoms with Crippen molar-refractivity contribution in [3.05, 3.63) is 71.8 Å². The maximum atomic E-state index is 12.8. The summed E-state index contributed by atoms with van der Waals surface area (Å²) in [5, 5.41) is 4.42. The van der Waals surface area contributed by atoms with Gasteiger partial charge in [0, 0.05) is 18.5 Å². The molecule has 7 heteroatoms. The predicted octanol–water partition coefficient (Wildman–Crippen LogP) is 3.89. The molecule has 3 rings (SSSR count). The molecule has 0 unspecified atom stereocenters. The number of rotatable bonds is 6. The molecular weight excluding hydrogens is 369 g/mol. The summed E-state index contributed by atoms with van der Waals surface area (Å²) in [6.45, 7) is 1.50. The third-order valence-electron chi connectivity index (χ3n) is 4.91. The van der Waals surface area contributed by atoms with Gasteiger partial charge >= 0.3 is 12.1 Å². The smallest absolute Gasteiger partial charge is 0.360 e. The Balaban J connectivity index is 1.89. The molecule has 0 spiro atoms. The van der Waals surface area contributed by atoms with Gasteiger partial charge in [-0.15, -0.1) is 5.06 Å². The normalized spacial score (nSPS) is 15.8. The molecule has 1 aliphatic heterocycles. The van der Waals surface area contributed by atoms with Crippen LogP contribution in [0, 0.1) is 0 Å². The van der Waals surface area contributed by atoms with Gasteiger partial charge in [-0.25, -0.2) is 4.79 Å². The molecule has 1 aliphatic rings. The fraction of sp³-hybridized carbons (Fsp3) is 0.381. The molecule has 0 radical (unpaired) electrons. The lowest BCUT2D eigenvalue weighted by atomic mass is 9.90. The Kier molecular flexibility index (Phi) is 6.70. The van der Waals surface area contributed by atoms with Crippen LogP contribution in [0.3, 0.4) is 0 Å². The average Bonchev–Trinajstić information content (AvgIpc) is 2.72. The van der Waals surface area contributed by atoms with Crippen molar-refractivity contribution in [3.63, 3.8) is 0 Å². The maximum absolute atomic E-state index is 12.8. The zero-order chi connectivity index (χ0) is 20.0. The molecule has 0 bridgehead atoms. The van der Waals surface area contributed by atoms with Crippen LogP contribution >= 0.6 is 0 Å². The van der Waals surface area contributed by atoms with Gasteiger partial charge in [-0.1, -0.05) is 60.7 Å². The summed E-state index contributed by atoms with van der Waals surface area (Å²) >= 11 is 0. The lowest BCUT2D eigenvalue weighted by Gasteiger charge is -2.35. The van der Waals surface area contributed by atoms with E-state index in [1.165, 1.54) is 5.06 Å². The highest BCUT2D eigenvalue weighted by molar-refractivity contribution is 5.75. The van der Waals surface area contributed by atoms with Gasteiger partial charge in [0.15, 0.2) is 0 Å². The minimum Gasteiger partial charge on any atom is -0.360 e. The molecular formula is C21H23F3N2O2. The highest BCUT2D eigenvalue weighted by Gasteiger charge is 2.43. The van der Waals surface area contributed by atoms with E-state index in [9.17, 15) is 18.0 Å².